The summed E-state index contributed by atoms with van der Waals surface area (Å²) in [4.78, 5) is 10.6. The fourth-order valence-electron chi connectivity index (χ4n) is 2.13. The first-order valence-electron chi connectivity index (χ1n) is 7.65. The van der Waals surface area contributed by atoms with Crippen molar-refractivity contribution in [1.29, 1.82) is 0 Å². The highest BCUT2D eigenvalue weighted by molar-refractivity contribution is 9.10. The maximum absolute atomic E-state index is 9.31. The molecule has 1 amide bonds. The number of nitrogens with zero attached hydrogens (tertiary/aromatic N) is 2. The molecule has 0 aliphatic heterocycles. The Balaban J connectivity index is 0.000000550. The highest BCUT2D eigenvalue weighted by Crippen LogP contribution is 2.32. The zero-order valence-corrected chi connectivity index (χ0v) is 17.4. The summed E-state index contributed by atoms with van der Waals surface area (Å²) in [5.74, 6) is 11.6. The van der Waals surface area contributed by atoms with Crippen LogP contribution in [0.2, 0.25) is 0 Å². The number of thioether (sulfide) groups is 1. The summed E-state index contributed by atoms with van der Waals surface area (Å²) in [5, 5.41) is 2.64. The monoisotopic (exact) mass is 424 g/mol. The molecule has 0 aliphatic carbocycles. The molecule has 136 valence electrons. The number of carbonyl (C=O) groups is 1. The van der Waals surface area contributed by atoms with E-state index >= 15 is 0 Å². The molecule has 0 unspecified atom stereocenters. The van der Waals surface area contributed by atoms with E-state index in [2.05, 4.69) is 60.1 Å². The smallest absolute Gasteiger partial charge is 0.223 e. The van der Waals surface area contributed by atoms with Crippen LogP contribution in [0.15, 0.2) is 45.8 Å². The molecule has 0 atom stereocenters. The molecule has 0 radical (unpaired) electrons. The van der Waals surface area contributed by atoms with Crippen molar-refractivity contribution in [1.82, 2.24) is 5.01 Å². The van der Waals surface area contributed by atoms with Gasteiger partial charge in [0, 0.05) is 29.2 Å². The summed E-state index contributed by atoms with van der Waals surface area (Å²) in [6.07, 6.45) is 0.528. The van der Waals surface area contributed by atoms with E-state index in [-0.39, 0.29) is 0 Å². The number of nitrogens with two attached hydrogens (primary N) is 2. The SMILES string of the molecule is CN(N)C=O.Cc1cc(Br)ccc1SCc1c(C)cccc1N(C)N. The maximum Gasteiger partial charge on any atom is 0.223 e. The van der Waals surface area contributed by atoms with Gasteiger partial charge in [-0.1, -0.05) is 28.1 Å². The summed E-state index contributed by atoms with van der Waals surface area (Å²) in [5.41, 5.74) is 4.96. The molecule has 2 aromatic carbocycles. The van der Waals surface area contributed by atoms with Crippen LogP contribution in [0.5, 0.6) is 0 Å². The van der Waals surface area contributed by atoms with Crippen molar-refractivity contribution in [2.45, 2.75) is 24.5 Å². The molecule has 0 aliphatic rings. The topological polar surface area (TPSA) is 75.6 Å². The Morgan fingerprint density at radius 2 is 1.76 bits per heavy atom. The fourth-order valence-corrected chi connectivity index (χ4v) is 3.73. The normalized spacial score (nSPS) is 9.88. The molecule has 0 spiro atoms. The van der Waals surface area contributed by atoms with Crippen LogP contribution in [0.1, 0.15) is 16.7 Å². The van der Waals surface area contributed by atoms with Gasteiger partial charge in [0.15, 0.2) is 0 Å². The maximum atomic E-state index is 9.31. The first-order chi connectivity index (χ1) is 11.8. The van der Waals surface area contributed by atoms with Crippen LogP contribution in [0.4, 0.5) is 5.69 Å². The molecular formula is C18H25BrN4OS. The van der Waals surface area contributed by atoms with Gasteiger partial charge >= 0.3 is 0 Å². The largest absolute Gasteiger partial charge is 0.314 e. The number of hydrazine groups is 2. The van der Waals surface area contributed by atoms with Crippen LogP contribution >= 0.6 is 27.7 Å². The van der Waals surface area contributed by atoms with Crippen molar-refractivity contribution in [2.24, 2.45) is 11.7 Å². The van der Waals surface area contributed by atoms with Gasteiger partial charge in [0.1, 0.15) is 0 Å². The third-order valence-electron chi connectivity index (χ3n) is 3.44. The second-order valence-electron chi connectivity index (χ2n) is 5.65. The number of anilines is 1. The lowest BCUT2D eigenvalue weighted by Gasteiger charge is -2.19. The Labute approximate surface area is 162 Å². The van der Waals surface area contributed by atoms with E-state index in [0.29, 0.717) is 6.41 Å². The Bertz CT molecular complexity index is 707. The van der Waals surface area contributed by atoms with Crippen molar-refractivity contribution in [3.05, 3.63) is 57.6 Å². The van der Waals surface area contributed by atoms with E-state index in [1.165, 1.54) is 28.6 Å². The highest BCUT2D eigenvalue weighted by Gasteiger charge is 2.09. The van der Waals surface area contributed by atoms with Gasteiger partial charge in [-0.2, -0.15) is 0 Å². The van der Waals surface area contributed by atoms with E-state index in [9.17, 15) is 4.79 Å². The van der Waals surface area contributed by atoms with E-state index < -0.39 is 0 Å². The van der Waals surface area contributed by atoms with Gasteiger partial charge in [0.25, 0.3) is 0 Å². The van der Waals surface area contributed by atoms with Crippen LogP contribution in [-0.4, -0.2) is 25.5 Å². The Morgan fingerprint density at radius 3 is 2.28 bits per heavy atom. The minimum atomic E-state index is 0.528. The van der Waals surface area contributed by atoms with Crippen LogP contribution in [0.3, 0.4) is 0 Å². The zero-order chi connectivity index (χ0) is 19.0. The van der Waals surface area contributed by atoms with Gasteiger partial charge in [-0.05, 0) is 54.8 Å². The lowest BCUT2D eigenvalue weighted by molar-refractivity contribution is -0.117. The molecule has 2 aromatic rings. The molecule has 0 heterocycles. The number of rotatable bonds is 5. The Hall–Kier alpha value is -1.54. The molecular weight excluding hydrogens is 400 g/mol. The summed E-state index contributed by atoms with van der Waals surface area (Å²) in [6.45, 7) is 4.28. The van der Waals surface area contributed by atoms with Gasteiger partial charge in [-0.25, -0.2) is 11.7 Å². The van der Waals surface area contributed by atoms with Gasteiger partial charge in [-0.3, -0.25) is 9.80 Å². The Morgan fingerprint density at radius 1 is 1.12 bits per heavy atom. The van der Waals surface area contributed by atoms with E-state index in [1.54, 1.807) is 5.01 Å². The third-order valence-corrected chi connectivity index (χ3v) is 5.14. The quantitative estimate of drug-likeness (QED) is 0.252. The molecule has 25 heavy (non-hydrogen) atoms. The highest BCUT2D eigenvalue weighted by atomic mass is 79.9. The molecule has 0 saturated heterocycles. The molecule has 5 nitrogen and oxygen atoms in total. The van der Waals surface area contributed by atoms with Gasteiger partial charge in [-0.15, -0.1) is 11.8 Å². The number of halogens is 1. The first kappa shape index (κ1) is 21.5. The minimum absolute atomic E-state index is 0.528. The average molecular weight is 425 g/mol. The number of hydrogen-bond acceptors (Lipinski definition) is 5. The van der Waals surface area contributed by atoms with Crippen molar-refractivity contribution in [2.75, 3.05) is 19.1 Å². The first-order valence-corrected chi connectivity index (χ1v) is 9.42. The summed E-state index contributed by atoms with van der Waals surface area (Å²) >= 11 is 5.35. The molecule has 0 aromatic heterocycles. The molecule has 2 rings (SSSR count). The number of hydrogen-bond donors (Lipinski definition) is 2. The molecule has 7 heteroatoms. The number of carbonyl (C=O) groups excluding carboxylic acids is 1. The zero-order valence-electron chi connectivity index (χ0n) is 15.0. The van der Waals surface area contributed by atoms with Crippen LogP contribution in [-0.2, 0) is 10.5 Å². The van der Waals surface area contributed by atoms with E-state index in [4.69, 9.17) is 11.7 Å². The number of benzene rings is 2. The molecule has 0 fully saturated rings. The van der Waals surface area contributed by atoms with Crippen LogP contribution < -0.4 is 16.7 Å². The average Bonchev–Trinajstić information content (AvgIpc) is 2.55. The number of amides is 1. The van der Waals surface area contributed by atoms with Crippen molar-refractivity contribution in [3.8, 4) is 0 Å². The summed E-state index contributed by atoms with van der Waals surface area (Å²) < 4.78 is 1.12. The van der Waals surface area contributed by atoms with Crippen LogP contribution in [0.25, 0.3) is 0 Å². The van der Waals surface area contributed by atoms with Crippen molar-refractivity contribution < 1.29 is 4.79 Å². The second kappa shape index (κ2) is 10.5. The summed E-state index contributed by atoms with van der Waals surface area (Å²) in [7, 11) is 3.35. The van der Waals surface area contributed by atoms with Gasteiger partial charge < -0.3 is 5.01 Å². The minimum Gasteiger partial charge on any atom is -0.314 e. The van der Waals surface area contributed by atoms with Crippen molar-refractivity contribution >= 4 is 39.8 Å². The van der Waals surface area contributed by atoms with E-state index in [0.717, 1.165) is 20.9 Å². The van der Waals surface area contributed by atoms with E-state index in [1.807, 2.05) is 24.9 Å². The Kier molecular flexibility index (Phi) is 8.99. The fraction of sp³-hybridized carbons (Fsp3) is 0.278. The molecule has 4 N–H and O–H groups in total. The molecule has 0 saturated carbocycles. The second-order valence-corrected chi connectivity index (χ2v) is 7.59. The lowest BCUT2D eigenvalue weighted by atomic mass is 10.1. The third kappa shape index (κ3) is 7.07. The molecule has 0 bridgehead atoms. The van der Waals surface area contributed by atoms with Gasteiger partial charge in [0.05, 0.1) is 5.69 Å². The predicted molar refractivity (Wildman–Crippen MR) is 110 cm³/mol. The van der Waals surface area contributed by atoms with Crippen LogP contribution in [0, 0.1) is 13.8 Å². The van der Waals surface area contributed by atoms with Gasteiger partial charge in [0.2, 0.25) is 6.41 Å². The standard InChI is InChI=1S/C16H19BrN2S.C2H6N2O/c1-11-5-4-6-15(19(3)18)14(11)10-20-16-8-7-13(17)9-12(16)2;1-4(3)2-5/h4-9H,10,18H2,1-3H3;2H,3H2,1H3. The number of aryl methyl sites for hydroxylation is 2. The predicted octanol–water partition coefficient (Wildman–Crippen LogP) is 3.62. The lowest BCUT2D eigenvalue weighted by Crippen LogP contribution is -2.26. The summed E-state index contributed by atoms with van der Waals surface area (Å²) in [6, 6.07) is 12.6. The van der Waals surface area contributed by atoms with Crippen molar-refractivity contribution in [3.63, 3.8) is 0 Å².